The van der Waals surface area contributed by atoms with Crippen LogP contribution in [0.5, 0.6) is 0 Å². The number of hydrogen-bond donors (Lipinski definition) is 0. The van der Waals surface area contributed by atoms with Crippen LogP contribution in [0.4, 0.5) is 20.2 Å². The summed E-state index contributed by atoms with van der Waals surface area (Å²) in [7, 11) is -1.92. The molecule has 3 rings (SSSR count). The van der Waals surface area contributed by atoms with E-state index in [9.17, 15) is 17.2 Å². The van der Waals surface area contributed by atoms with Crippen LogP contribution in [0.2, 0.25) is 0 Å². The Hall–Kier alpha value is -2.19. The third-order valence-electron chi connectivity index (χ3n) is 5.85. The predicted octanol–water partition coefficient (Wildman–Crippen LogP) is 4.57. The van der Waals surface area contributed by atoms with Gasteiger partial charge < -0.3 is 14.7 Å². The van der Waals surface area contributed by atoms with Crippen molar-refractivity contribution >= 4 is 21.2 Å². The second-order valence-corrected chi connectivity index (χ2v) is 10.3. The zero-order chi connectivity index (χ0) is 23.3. The van der Waals surface area contributed by atoms with Crippen molar-refractivity contribution in [2.24, 2.45) is 0 Å². The largest absolute Gasteiger partial charge is 0.370 e. The van der Waals surface area contributed by atoms with Crippen LogP contribution in [-0.2, 0) is 9.84 Å². The van der Waals surface area contributed by atoms with Gasteiger partial charge in [-0.25, -0.2) is 17.2 Å². The smallest absolute Gasteiger partial charge is 0.208 e. The molecule has 0 atom stereocenters. The van der Waals surface area contributed by atoms with Gasteiger partial charge in [-0.15, -0.1) is 0 Å². The predicted molar refractivity (Wildman–Crippen MR) is 125 cm³/mol. The number of sulfone groups is 1. The molecule has 0 aromatic heterocycles. The summed E-state index contributed by atoms with van der Waals surface area (Å²) in [4.78, 5) is 6.55. The van der Waals surface area contributed by atoms with E-state index in [1.165, 1.54) is 0 Å². The van der Waals surface area contributed by atoms with Crippen molar-refractivity contribution in [3.63, 3.8) is 0 Å². The molecule has 1 aliphatic heterocycles. The highest BCUT2D eigenvalue weighted by Crippen LogP contribution is 2.35. The number of nitrogens with zero attached hydrogens (tertiary/aromatic N) is 3. The van der Waals surface area contributed by atoms with Gasteiger partial charge in [-0.1, -0.05) is 13.8 Å². The van der Waals surface area contributed by atoms with Gasteiger partial charge in [-0.2, -0.15) is 0 Å². The van der Waals surface area contributed by atoms with E-state index in [0.29, 0.717) is 18.8 Å². The van der Waals surface area contributed by atoms with Crippen LogP contribution >= 0.6 is 0 Å². The second-order valence-electron chi connectivity index (χ2n) is 8.36. The van der Waals surface area contributed by atoms with E-state index >= 15 is 0 Å². The lowest BCUT2D eigenvalue weighted by molar-refractivity contribution is 0.360. The molecule has 32 heavy (non-hydrogen) atoms. The van der Waals surface area contributed by atoms with Crippen LogP contribution < -0.4 is 9.80 Å². The minimum Gasteiger partial charge on any atom is -0.370 e. The molecule has 0 radical (unpaired) electrons. The van der Waals surface area contributed by atoms with Crippen LogP contribution in [0.15, 0.2) is 46.2 Å². The highest BCUT2D eigenvalue weighted by molar-refractivity contribution is 7.91. The van der Waals surface area contributed by atoms with E-state index in [4.69, 9.17) is 0 Å². The van der Waals surface area contributed by atoms with Gasteiger partial charge in [-0.05, 0) is 69.3 Å². The molecule has 0 saturated carbocycles. The Bertz CT molecular complexity index is 1020. The number of benzene rings is 2. The molecule has 2 aromatic carbocycles. The first-order valence-electron chi connectivity index (χ1n) is 11.3. The maximum atomic E-state index is 13.8. The minimum absolute atomic E-state index is 0.126. The molecule has 5 nitrogen and oxygen atoms in total. The van der Waals surface area contributed by atoms with E-state index in [-0.39, 0.29) is 9.79 Å². The summed E-state index contributed by atoms with van der Waals surface area (Å²) in [6, 6.07) is 8.14. The van der Waals surface area contributed by atoms with E-state index in [2.05, 4.69) is 35.6 Å². The van der Waals surface area contributed by atoms with Crippen molar-refractivity contribution in [3.8, 4) is 0 Å². The monoisotopic (exact) mass is 465 g/mol. The van der Waals surface area contributed by atoms with E-state index in [1.54, 1.807) is 6.07 Å². The second kappa shape index (κ2) is 10.6. The van der Waals surface area contributed by atoms with Gasteiger partial charge in [-0.3, -0.25) is 0 Å². The molecule has 2 aromatic rings. The summed E-state index contributed by atoms with van der Waals surface area (Å²) < 4.78 is 54.2. The van der Waals surface area contributed by atoms with E-state index < -0.39 is 21.5 Å². The topological polar surface area (TPSA) is 43.9 Å². The summed E-state index contributed by atoms with van der Waals surface area (Å²) in [5.74, 6) is -2.24. The average molecular weight is 466 g/mol. The molecule has 0 aliphatic carbocycles. The summed E-state index contributed by atoms with van der Waals surface area (Å²) >= 11 is 0. The number of anilines is 2. The quantitative estimate of drug-likeness (QED) is 0.535. The van der Waals surface area contributed by atoms with Crippen LogP contribution in [0.3, 0.4) is 0 Å². The van der Waals surface area contributed by atoms with Crippen LogP contribution in [0.1, 0.15) is 33.1 Å². The van der Waals surface area contributed by atoms with Crippen LogP contribution in [0.25, 0.3) is 0 Å². The standard InChI is InChI=1S/C24H33F2N3O2S/c1-4-11-29(12-5-2)23-17-19(28-14-6-13-27(3)15-16-28)7-10-24(23)32(30,31)20-8-9-21(25)22(26)18-20/h7-10,17-18H,4-6,11-16H2,1-3H3. The molecule has 0 spiro atoms. The summed E-state index contributed by atoms with van der Waals surface area (Å²) in [6.07, 6.45) is 2.77. The highest BCUT2D eigenvalue weighted by Gasteiger charge is 2.26. The lowest BCUT2D eigenvalue weighted by Crippen LogP contribution is -2.30. The maximum Gasteiger partial charge on any atom is 0.208 e. The molecule has 0 bridgehead atoms. The molecule has 8 heteroatoms. The van der Waals surface area contributed by atoms with Crippen molar-refractivity contribution in [2.75, 3.05) is 56.1 Å². The molecule has 0 unspecified atom stereocenters. The fourth-order valence-corrected chi connectivity index (χ4v) is 5.62. The van der Waals surface area contributed by atoms with Crippen molar-refractivity contribution < 1.29 is 17.2 Å². The normalized spacial score (nSPS) is 15.6. The van der Waals surface area contributed by atoms with Gasteiger partial charge in [0.15, 0.2) is 11.6 Å². The van der Waals surface area contributed by atoms with Gasteiger partial charge in [0.25, 0.3) is 0 Å². The van der Waals surface area contributed by atoms with Gasteiger partial charge >= 0.3 is 0 Å². The van der Waals surface area contributed by atoms with Gasteiger partial charge in [0.1, 0.15) is 0 Å². The van der Waals surface area contributed by atoms with Gasteiger partial charge in [0.2, 0.25) is 9.84 Å². The fraction of sp³-hybridized carbons (Fsp3) is 0.500. The lowest BCUT2D eigenvalue weighted by atomic mass is 10.2. The average Bonchev–Trinajstić information content (AvgIpc) is 2.99. The minimum atomic E-state index is -4.03. The van der Waals surface area contributed by atoms with Crippen LogP contribution in [0, 0.1) is 11.6 Å². The van der Waals surface area contributed by atoms with Crippen LogP contribution in [-0.4, -0.2) is 59.6 Å². The van der Waals surface area contributed by atoms with E-state index in [0.717, 1.165) is 69.3 Å². The molecule has 176 valence electrons. The fourth-order valence-electron chi connectivity index (χ4n) is 4.15. The molecule has 0 amide bonds. The number of rotatable bonds is 8. The Morgan fingerprint density at radius 2 is 1.62 bits per heavy atom. The zero-order valence-electron chi connectivity index (χ0n) is 19.2. The highest BCUT2D eigenvalue weighted by atomic mass is 32.2. The lowest BCUT2D eigenvalue weighted by Gasteiger charge is -2.29. The molecule has 1 fully saturated rings. The zero-order valence-corrected chi connectivity index (χ0v) is 20.0. The number of halogens is 2. The summed E-state index contributed by atoms with van der Waals surface area (Å²) in [6.45, 7) is 9.27. The number of likely N-dealkylation sites (N-methyl/N-ethyl adjacent to an activating group) is 1. The molecule has 0 N–H and O–H groups in total. The summed E-state index contributed by atoms with van der Waals surface area (Å²) in [5.41, 5.74) is 1.60. The first kappa shape index (κ1) is 24.5. The molecule has 1 heterocycles. The third-order valence-corrected chi connectivity index (χ3v) is 7.64. The maximum absolute atomic E-state index is 13.8. The first-order chi connectivity index (χ1) is 15.3. The van der Waals surface area contributed by atoms with Crippen molar-refractivity contribution in [1.82, 2.24) is 4.90 Å². The van der Waals surface area contributed by atoms with E-state index in [1.807, 2.05) is 12.1 Å². The molecule has 1 saturated heterocycles. The number of hydrogen-bond acceptors (Lipinski definition) is 5. The van der Waals surface area contributed by atoms with Crippen molar-refractivity contribution in [3.05, 3.63) is 48.0 Å². The Balaban J connectivity index is 2.10. The Labute approximate surface area is 190 Å². The molecule has 1 aliphatic rings. The molecular formula is C24H33F2N3O2S. The summed E-state index contributed by atoms with van der Waals surface area (Å²) in [5, 5.41) is 0. The van der Waals surface area contributed by atoms with Crippen molar-refractivity contribution in [1.29, 1.82) is 0 Å². The third kappa shape index (κ3) is 5.41. The SMILES string of the molecule is CCCN(CCC)c1cc(N2CCCN(C)CC2)ccc1S(=O)(=O)c1ccc(F)c(F)c1. The van der Waals surface area contributed by atoms with Gasteiger partial charge in [0, 0.05) is 38.4 Å². The molecular weight excluding hydrogens is 432 g/mol. The first-order valence-corrected chi connectivity index (χ1v) is 12.8. The Morgan fingerprint density at radius 1 is 0.906 bits per heavy atom. The Kier molecular flexibility index (Phi) is 8.11. The Morgan fingerprint density at radius 3 is 2.28 bits per heavy atom. The van der Waals surface area contributed by atoms with Gasteiger partial charge in [0.05, 0.1) is 15.5 Å². The van der Waals surface area contributed by atoms with Crippen molar-refractivity contribution in [2.45, 2.75) is 42.9 Å².